The SMILES string of the molecule is Fc1ccc(/C=C/n2cnc3ccccc32)cc1. The van der Waals surface area contributed by atoms with Crippen LogP contribution in [0.15, 0.2) is 54.9 Å². The van der Waals surface area contributed by atoms with E-state index in [1.807, 2.05) is 41.1 Å². The van der Waals surface area contributed by atoms with Crippen LogP contribution in [0, 0.1) is 5.82 Å². The summed E-state index contributed by atoms with van der Waals surface area (Å²) in [6.45, 7) is 0. The van der Waals surface area contributed by atoms with E-state index in [0.29, 0.717) is 0 Å². The third-order valence-electron chi connectivity index (χ3n) is 2.78. The number of imidazole rings is 1. The molecule has 0 bridgehead atoms. The minimum Gasteiger partial charge on any atom is -0.306 e. The van der Waals surface area contributed by atoms with Crippen molar-refractivity contribution in [3.63, 3.8) is 0 Å². The standard InChI is InChI=1S/C15H11FN2/c16-13-7-5-12(6-8-13)9-10-18-11-17-14-3-1-2-4-15(14)18/h1-11H/b10-9+. The zero-order chi connectivity index (χ0) is 12.4. The Kier molecular flexibility index (Phi) is 2.65. The van der Waals surface area contributed by atoms with Gasteiger partial charge in [0, 0.05) is 6.20 Å². The van der Waals surface area contributed by atoms with Gasteiger partial charge < -0.3 is 4.57 Å². The summed E-state index contributed by atoms with van der Waals surface area (Å²) >= 11 is 0. The molecule has 1 heterocycles. The van der Waals surface area contributed by atoms with E-state index in [-0.39, 0.29) is 5.82 Å². The molecular weight excluding hydrogens is 227 g/mol. The lowest BCUT2D eigenvalue weighted by atomic mass is 10.2. The van der Waals surface area contributed by atoms with Crippen molar-refractivity contribution in [2.24, 2.45) is 0 Å². The number of hydrogen-bond acceptors (Lipinski definition) is 1. The lowest BCUT2D eigenvalue weighted by Crippen LogP contribution is -1.82. The van der Waals surface area contributed by atoms with Crippen LogP contribution in [0.2, 0.25) is 0 Å². The zero-order valence-electron chi connectivity index (χ0n) is 9.62. The van der Waals surface area contributed by atoms with Crippen molar-refractivity contribution in [1.82, 2.24) is 9.55 Å². The maximum atomic E-state index is 12.8. The molecule has 2 nitrogen and oxygen atoms in total. The number of nitrogens with zero attached hydrogens (tertiary/aromatic N) is 2. The Morgan fingerprint density at radius 1 is 1.00 bits per heavy atom. The average molecular weight is 238 g/mol. The van der Waals surface area contributed by atoms with Gasteiger partial charge in [-0.1, -0.05) is 24.3 Å². The van der Waals surface area contributed by atoms with Crippen LogP contribution in [-0.4, -0.2) is 9.55 Å². The predicted molar refractivity (Wildman–Crippen MR) is 71.4 cm³/mol. The van der Waals surface area contributed by atoms with Crippen molar-refractivity contribution in [1.29, 1.82) is 0 Å². The van der Waals surface area contributed by atoms with E-state index in [1.165, 1.54) is 12.1 Å². The highest BCUT2D eigenvalue weighted by molar-refractivity contribution is 5.78. The number of hydrogen-bond donors (Lipinski definition) is 0. The van der Waals surface area contributed by atoms with Gasteiger partial charge in [0.15, 0.2) is 0 Å². The molecule has 0 fully saturated rings. The zero-order valence-corrected chi connectivity index (χ0v) is 9.62. The molecule has 3 aromatic rings. The molecule has 18 heavy (non-hydrogen) atoms. The molecule has 0 aliphatic carbocycles. The summed E-state index contributed by atoms with van der Waals surface area (Å²) in [7, 11) is 0. The fourth-order valence-corrected chi connectivity index (χ4v) is 1.84. The first kappa shape index (κ1) is 10.7. The highest BCUT2D eigenvalue weighted by Gasteiger charge is 1.97. The molecule has 0 amide bonds. The summed E-state index contributed by atoms with van der Waals surface area (Å²) in [5.41, 5.74) is 2.96. The first-order valence-corrected chi connectivity index (χ1v) is 5.68. The molecule has 0 unspecified atom stereocenters. The van der Waals surface area contributed by atoms with E-state index >= 15 is 0 Å². The Balaban J connectivity index is 1.94. The van der Waals surface area contributed by atoms with Gasteiger partial charge in [-0.25, -0.2) is 9.37 Å². The van der Waals surface area contributed by atoms with Gasteiger partial charge in [-0.05, 0) is 35.9 Å². The third-order valence-corrected chi connectivity index (χ3v) is 2.78. The lowest BCUT2D eigenvalue weighted by Gasteiger charge is -1.96. The summed E-state index contributed by atoms with van der Waals surface area (Å²) in [6.07, 6.45) is 5.61. The summed E-state index contributed by atoms with van der Waals surface area (Å²) in [6, 6.07) is 14.3. The first-order chi connectivity index (χ1) is 8.83. The molecule has 88 valence electrons. The molecule has 0 N–H and O–H groups in total. The monoisotopic (exact) mass is 238 g/mol. The number of benzene rings is 2. The van der Waals surface area contributed by atoms with Gasteiger partial charge in [-0.15, -0.1) is 0 Å². The van der Waals surface area contributed by atoms with Crippen LogP contribution in [0.4, 0.5) is 4.39 Å². The maximum Gasteiger partial charge on any atom is 0.123 e. The lowest BCUT2D eigenvalue weighted by molar-refractivity contribution is 0.628. The normalized spacial score (nSPS) is 11.4. The average Bonchev–Trinajstić information content (AvgIpc) is 2.82. The topological polar surface area (TPSA) is 17.8 Å². The highest BCUT2D eigenvalue weighted by Crippen LogP contribution is 2.13. The summed E-state index contributed by atoms with van der Waals surface area (Å²) in [5.74, 6) is -0.222. The molecule has 0 saturated heterocycles. The molecule has 0 spiro atoms. The fraction of sp³-hybridized carbons (Fsp3) is 0. The van der Waals surface area contributed by atoms with Crippen LogP contribution >= 0.6 is 0 Å². The van der Waals surface area contributed by atoms with Crippen molar-refractivity contribution < 1.29 is 4.39 Å². The van der Waals surface area contributed by atoms with Gasteiger partial charge >= 0.3 is 0 Å². The van der Waals surface area contributed by atoms with Crippen molar-refractivity contribution in [2.45, 2.75) is 0 Å². The quantitative estimate of drug-likeness (QED) is 0.664. The van der Waals surface area contributed by atoms with Crippen molar-refractivity contribution in [3.05, 3.63) is 66.2 Å². The number of aromatic nitrogens is 2. The van der Waals surface area contributed by atoms with Gasteiger partial charge in [0.2, 0.25) is 0 Å². The summed E-state index contributed by atoms with van der Waals surface area (Å²) in [5, 5.41) is 0. The second kappa shape index (κ2) is 4.45. The summed E-state index contributed by atoms with van der Waals surface area (Å²) in [4.78, 5) is 4.30. The van der Waals surface area contributed by atoms with Crippen LogP contribution < -0.4 is 0 Å². The highest BCUT2D eigenvalue weighted by atomic mass is 19.1. The molecule has 2 aromatic carbocycles. The number of halogens is 1. The van der Waals surface area contributed by atoms with E-state index in [9.17, 15) is 4.39 Å². The number of fused-ring (bicyclic) bond motifs is 1. The molecule has 0 radical (unpaired) electrons. The fourth-order valence-electron chi connectivity index (χ4n) is 1.84. The smallest absolute Gasteiger partial charge is 0.123 e. The van der Waals surface area contributed by atoms with E-state index in [2.05, 4.69) is 4.98 Å². The van der Waals surface area contributed by atoms with Gasteiger partial charge in [-0.3, -0.25) is 0 Å². The second-order valence-corrected chi connectivity index (χ2v) is 4.01. The molecule has 0 aliphatic heterocycles. The molecule has 3 heteroatoms. The van der Waals surface area contributed by atoms with Crippen molar-refractivity contribution >= 4 is 23.3 Å². The van der Waals surface area contributed by atoms with E-state index < -0.39 is 0 Å². The van der Waals surface area contributed by atoms with E-state index in [4.69, 9.17) is 0 Å². The first-order valence-electron chi connectivity index (χ1n) is 5.68. The van der Waals surface area contributed by atoms with Gasteiger partial charge in [-0.2, -0.15) is 0 Å². The van der Waals surface area contributed by atoms with Gasteiger partial charge in [0.1, 0.15) is 5.82 Å². The van der Waals surface area contributed by atoms with Crippen LogP contribution in [0.25, 0.3) is 23.3 Å². The Hall–Kier alpha value is -2.42. The second-order valence-electron chi connectivity index (χ2n) is 4.01. The third kappa shape index (κ3) is 2.02. The van der Waals surface area contributed by atoms with Crippen molar-refractivity contribution in [3.8, 4) is 0 Å². The molecule has 0 aliphatic rings. The Bertz CT molecular complexity index is 696. The Morgan fingerprint density at radius 3 is 2.61 bits per heavy atom. The Labute approximate surface area is 104 Å². The number of para-hydroxylation sites is 2. The van der Waals surface area contributed by atoms with Crippen LogP contribution in [0.1, 0.15) is 5.56 Å². The minimum atomic E-state index is -0.222. The number of rotatable bonds is 2. The molecule has 1 aromatic heterocycles. The predicted octanol–water partition coefficient (Wildman–Crippen LogP) is 3.80. The van der Waals surface area contributed by atoms with E-state index in [1.54, 1.807) is 18.5 Å². The molecule has 0 atom stereocenters. The van der Waals surface area contributed by atoms with Gasteiger partial charge in [0.05, 0.1) is 17.4 Å². The van der Waals surface area contributed by atoms with Crippen molar-refractivity contribution in [2.75, 3.05) is 0 Å². The van der Waals surface area contributed by atoms with Crippen LogP contribution in [0.5, 0.6) is 0 Å². The Morgan fingerprint density at radius 2 is 1.78 bits per heavy atom. The molecule has 0 saturated carbocycles. The molecular formula is C15H11FN2. The maximum absolute atomic E-state index is 12.8. The van der Waals surface area contributed by atoms with Gasteiger partial charge in [0.25, 0.3) is 0 Å². The van der Waals surface area contributed by atoms with Crippen LogP contribution in [0.3, 0.4) is 0 Å². The minimum absolute atomic E-state index is 0.222. The van der Waals surface area contributed by atoms with Crippen LogP contribution in [-0.2, 0) is 0 Å². The molecule has 3 rings (SSSR count). The summed E-state index contributed by atoms with van der Waals surface area (Å²) < 4.78 is 14.7. The van der Waals surface area contributed by atoms with E-state index in [0.717, 1.165) is 16.6 Å². The largest absolute Gasteiger partial charge is 0.306 e.